The Morgan fingerprint density at radius 1 is 1.22 bits per heavy atom. The Kier molecular flexibility index (Phi) is 7.17. The Hall–Kier alpha value is -3.95. The van der Waals surface area contributed by atoms with E-state index in [-0.39, 0.29) is 49.0 Å². The van der Waals surface area contributed by atoms with Crippen molar-refractivity contribution < 1.29 is 33.0 Å². The molecule has 2 N–H and O–H groups in total. The van der Waals surface area contributed by atoms with Crippen molar-refractivity contribution in [3.63, 3.8) is 0 Å². The molecule has 3 saturated carbocycles. The molecule has 6 aliphatic rings. The van der Waals surface area contributed by atoms with Crippen molar-refractivity contribution in [3.8, 4) is 11.8 Å². The molecule has 9 atom stereocenters. The fourth-order valence-corrected chi connectivity index (χ4v) is 9.45. The van der Waals surface area contributed by atoms with Gasteiger partial charge in [-0.15, -0.1) is 0 Å². The van der Waals surface area contributed by atoms with E-state index in [2.05, 4.69) is 21.7 Å². The molecule has 4 amide bonds. The summed E-state index contributed by atoms with van der Waals surface area (Å²) in [4.78, 5) is 62.4. The fourth-order valence-electron chi connectivity index (χ4n) is 9.45. The van der Waals surface area contributed by atoms with Crippen LogP contribution in [0.4, 0.5) is 15.0 Å². The molecular formula is C32H39FN6O6. The van der Waals surface area contributed by atoms with Gasteiger partial charge in [-0.2, -0.15) is 5.26 Å². The highest BCUT2D eigenvalue weighted by Gasteiger charge is 2.65. The summed E-state index contributed by atoms with van der Waals surface area (Å²) >= 11 is 0. The number of hydrogen-bond acceptors (Lipinski definition) is 8. The molecule has 2 bridgehead atoms. The number of nitrogens with zero attached hydrogens (tertiary/aromatic N) is 4. The van der Waals surface area contributed by atoms with Crippen LogP contribution in [0.5, 0.6) is 5.75 Å². The van der Waals surface area contributed by atoms with Crippen molar-refractivity contribution >= 4 is 29.6 Å². The molecule has 13 heteroatoms. The van der Waals surface area contributed by atoms with E-state index in [0.29, 0.717) is 18.6 Å². The van der Waals surface area contributed by atoms with Crippen molar-refractivity contribution in [1.82, 2.24) is 20.1 Å². The van der Waals surface area contributed by atoms with Gasteiger partial charge in [0.25, 0.3) is 5.91 Å². The van der Waals surface area contributed by atoms with Gasteiger partial charge in [-0.3, -0.25) is 14.4 Å². The third kappa shape index (κ3) is 4.62. The van der Waals surface area contributed by atoms with Crippen molar-refractivity contribution in [2.45, 2.75) is 88.2 Å². The summed E-state index contributed by atoms with van der Waals surface area (Å²) in [6, 6.07) is 2.53. The molecule has 0 aromatic carbocycles. The fraction of sp³-hybridized carbons (Fsp3) is 0.688. The van der Waals surface area contributed by atoms with Crippen LogP contribution in [0.3, 0.4) is 0 Å². The van der Waals surface area contributed by atoms with Gasteiger partial charge in [0, 0.05) is 19.2 Å². The number of rotatable bonds is 4. The van der Waals surface area contributed by atoms with Crippen LogP contribution in [0.1, 0.15) is 58.3 Å². The summed E-state index contributed by atoms with van der Waals surface area (Å²) < 4.78 is 26.4. The lowest BCUT2D eigenvalue weighted by atomic mass is 9.70. The van der Waals surface area contributed by atoms with Gasteiger partial charge in [-0.25, -0.2) is 14.2 Å². The predicted molar refractivity (Wildman–Crippen MR) is 156 cm³/mol. The number of likely N-dealkylation sites (tertiary alicyclic amines) is 2. The van der Waals surface area contributed by atoms with Crippen LogP contribution in [-0.4, -0.2) is 88.7 Å². The van der Waals surface area contributed by atoms with E-state index in [1.807, 2.05) is 6.92 Å². The molecule has 1 aromatic rings. The zero-order valence-corrected chi connectivity index (χ0v) is 25.5. The highest BCUT2D eigenvalue weighted by atomic mass is 19.1. The van der Waals surface area contributed by atoms with Crippen LogP contribution < -0.4 is 15.4 Å². The molecule has 7 rings (SSSR count). The normalized spacial score (nSPS) is 36.4. The van der Waals surface area contributed by atoms with Gasteiger partial charge in [0.15, 0.2) is 11.6 Å². The van der Waals surface area contributed by atoms with Crippen molar-refractivity contribution in [3.05, 3.63) is 18.3 Å². The molecule has 45 heavy (non-hydrogen) atoms. The molecular weight excluding hydrogens is 583 g/mol. The van der Waals surface area contributed by atoms with Gasteiger partial charge in [0.1, 0.15) is 24.3 Å². The summed E-state index contributed by atoms with van der Waals surface area (Å²) in [6.45, 7) is 2.06. The minimum Gasteiger partial charge on any atom is -0.472 e. The molecule has 12 nitrogen and oxygen atoms in total. The Morgan fingerprint density at radius 3 is 2.73 bits per heavy atom. The van der Waals surface area contributed by atoms with E-state index in [4.69, 9.17) is 9.47 Å². The van der Waals surface area contributed by atoms with E-state index >= 15 is 4.39 Å². The average Bonchev–Trinajstić information content (AvgIpc) is 3.79. The lowest BCUT2D eigenvalue weighted by molar-refractivity contribution is -0.149. The number of amides is 4. The van der Waals surface area contributed by atoms with Gasteiger partial charge in [0.05, 0.1) is 19.7 Å². The molecule has 2 saturated heterocycles. The second kappa shape index (κ2) is 10.8. The SMILES string of the molecule is COC(=O)NC(C(=O)N1CC2C3CC(F)C(C3)C2C1C(=O)N1CC2(CC1C#N)Oc1cccnc1NC2=O)C1(C)CCCCC1. The van der Waals surface area contributed by atoms with Gasteiger partial charge < -0.3 is 29.9 Å². The van der Waals surface area contributed by atoms with Crippen molar-refractivity contribution in [2.75, 3.05) is 25.5 Å². The molecule has 5 fully saturated rings. The molecule has 0 radical (unpaired) electrons. The molecule has 240 valence electrons. The Labute approximate surface area is 261 Å². The molecule has 3 aliphatic carbocycles. The van der Waals surface area contributed by atoms with E-state index in [1.165, 1.54) is 18.2 Å². The number of pyridine rings is 1. The minimum absolute atomic E-state index is 0.0496. The second-order valence-corrected chi connectivity index (χ2v) is 14.1. The van der Waals surface area contributed by atoms with Crippen molar-refractivity contribution in [2.24, 2.45) is 29.1 Å². The smallest absolute Gasteiger partial charge is 0.407 e. The van der Waals surface area contributed by atoms with Crippen LogP contribution in [0.15, 0.2) is 18.3 Å². The van der Waals surface area contributed by atoms with Crippen LogP contribution in [-0.2, 0) is 19.1 Å². The van der Waals surface area contributed by atoms with Crippen LogP contribution in [0, 0.1) is 40.4 Å². The number of carbonyl (C=O) groups excluding carboxylic acids is 4. The average molecular weight is 623 g/mol. The molecule has 1 spiro atoms. The highest BCUT2D eigenvalue weighted by molar-refractivity contribution is 6.01. The largest absolute Gasteiger partial charge is 0.472 e. The van der Waals surface area contributed by atoms with Gasteiger partial charge in [-0.1, -0.05) is 26.2 Å². The van der Waals surface area contributed by atoms with Crippen LogP contribution >= 0.6 is 0 Å². The maximum atomic E-state index is 15.3. The van der Waals surface area contributed by atoms with Crippen molar-refractivity contribution in [1.29, 1.82) is 5.26 Å². The third-order valence-electron chi connectivity index (χ3n) is 11.7. The first-order valence-corrected chi connectivity index (χ1v) is 16.0. The summed E-state index contributed by atoms with van der Waals surface area (Å²) in [6.07, 6.45) is 5.01. The number of alkyl carbamates (subject to hydrolysis) is 1. The number of carbonyl (C=O) groups is 4. The summed E-state index contributed by atoms with van der Waals surface area (Å²) in [5.74, 6) is -1.60. The van der Waals surface area contributed by atoms with E-state index in [1.54, 1.807) is 17.0 Å². The van der Waals surface area contributed by atoms with Gasteiger partial charge in [-0.05, 0) is 66.9 Å². The topological polar surface area (TPSA) is 154 Å². The van der Waals surface area contributed by atoms with Gasteiger partial charge in [0.2, 0.25) is 17.4 Å². The number of nitriles is 1. The van der Waals surface area contributed by atoms with Crippen LogP contribution in [0.25, 0.3) is 0 Å². The first-order chi connectivity index (χ1) is 21.6. The lowest BCUT2D eigenvalue weighted by Crippen LogP contribution is -2.61. The number of hydrogen-bond donors (Lipinski definition) is 2. The lowest BCUT2D eigenvalue weighted by Gasteiger charge is -2.43. The Bertz CT molecular complexity index is 1460. The summed E-state index contributed by atoms with van der Waals surface area (Å²) in [7, 11) is 1.24. The molecule has 3 aliphatic heterocycles. The maximum Gasteiger partial charge on any atom is 0.407 e. The predicted octanol–water partition coefficient (Wildman–Crippen LogP) is 2.79. The van der Waals surface area contributed by atoms with E-state index in [0.717, 1.165) is 32.1 Å². The van der Waals surface area contributed by atoms with E-state index in [9.17, 15) is 24.4 Å². The number of halogens is 1. The minimum atomic E-state index is -1.51. The van der Waals surface area contributed by atoms with Crippen LogP contribution in [0.2, 0.25) is 0 Å². The Balaban J connectivity index is 1.23. The van der Waals surface area contributed by atoms with Gasteiger partial charge >= 0.3 is 6.09 Å². The number of fused-ring (bicyclic) bond motifs is 6. The molecule has 4 heterocycles. The summed E-state index contributed by atoms with van der Waals surface area (Å²) in [5, 5.41) is 15.7. The quantitative estimate of drug-likeness (QED) is 0.520. The number of ether oxygens (including phenoxy) is 2. The monoisotopic (exact) mass is 622 g/mol. The zero-order valence-electron chi connectivity index (χ0n) is 25.5. The highest BCUT2D eigenvalue weighted by Crippen LogP contribution is 2.59. The number of alkyl halides is 1. The number of nitrogens with one attached hydrogen (secondary N) is 2. The van der Waals surface area contributed by atoms with E-state index < -0.39 is 59.1 Å². The first kappa shape index (κ1) is 29.7. The summed E-state index contributed by atoms with van der Waals surface area (Å²) in [5.41, 5.74) is -2.07. The third-order valence-corrected chi connectivity index (χ3v) is 11.7. The maximum absolute atomic E-state index is 15.3. The number of anilines is 1. The molecule has 9 unspecified atom stereocenters. The number of aromatic nitrogens is 1. The Morgan fingerprint density at radius 2 is 2.00 bits per heavy atom. The first-order valence-electron chi connectivity index (χ1n) is 16.0. The number of methoxy groups -OCH3 is 1. The standard InChI is InChI=1S/C32H39FN6O6/c1-31(8-4-3-5-9-31)25(36-30(43)44-2)28(41)38-15-20-17-11-19(21(33)12-17)23(20)24(38)27(40)39-16-32(13-18(39)14-34)29(42)37-26-22(45-32)7-6-10-35-26/h6-7,10,17-21,23-25H,3-5,8-9,11-13,15-16H2,1-2H3,(H,36,43)(H,35,37,42). The molecule has 1 aromatic heterocycles. The zero-order chi connectivity index (χ0) is 31.7. The second-order valence-electron chi connectivity index (χ2n) is 14.1.